The predicted octanol–water partition coefficient (Wildman–Crippen LogP) is 1.82. The van der Waals surface area contributed by atoms with Gasteiger partial charge in [0.15, 0.2) is 0 Å². The van der Waals surface area contributed by atoms with Crippen molar-refractivity contribution in [3.63, 3.8) is 0 Å². The molecule has 1 fully saturated rings. The Morgan fingerprint density at radius 3 is 2.71 bits per heavy atom. The molecule has 0 saturated heterocycles. The van der Waals surface area contributed by atoms with Crippen molar-refractivity contribution < 1.29 is 4.74 Å². The smallest absolute Gasteiger partial charge is 0.0968 e. The highest BCUT2D eigenvalue weighted by molar-refractivity contribution is 5.83. The molecule has 0 bridgehead atoms. The number of hydrogen-bond donors (Lipinski definition) is 1. The van der Waals surface area contributed by atoms with Crippen LogP contribution in [0.4, 0.5) is 0 Å². The zero-order chi connectivity index (χ0) is 10.4. The first-order valence-corrected chi connectivity index (χ1v) is 5.52. The Labute approximate surface area is 86.7 Å². The molecule has 14 heavy (non-hydrogen) atoms. The molecule has 1 unspecified atom stereocenters. The number of ether oxygens (including phenoxy) is 1. The van der Waals surface area contributed by atoms with Crippen molar-refractivity contribution in [3.8, 4) is 0 Å². The normalized spacial score (nSPS) is 21.4. The molecule has 1 aliphatic carbocycles. The highest BCUT2D eigenvalue weighted by Gasteiger charge is 2.18. The van der Waals surface area contributed by atoms with E-state index < -0.39 is 0 Å². The van der Waals surface area contributed by atoms with Crippen LogP contribution in [-0.4, -0.2) is 26.1 Å². The van der Waals surface area contributed by atoms with E-state index in [-0.39, 0.29) is 0 Å². The minimum Gasteiger partial charge on any atom is -0.387 e. The van der Waals surface area contributed by atoms with Crippen LogP contribution in [0.3, 0.4) is 0 Å². The SMILES string of the molecule is COCC(C)CN=C(N)C1CCCC1. The average molecular weight is 198 g/mol. The Morgan fingerprint density at radius 1 is 1.50 bits per heavy atom. The molecule has 1 atom stereocenters. The minimum absolute atomic E-state index is 0.472. The van der Waals surface area contributed by atoms with Gasteiger partial charge in [-0.05, 0) is 18.8 Å². The summed E-state index contributed by atoms with van der Waals surface area (Å²) in [4.78, 5) is 4.44. The predicted molar refractivity (Wildman–Crippen MR) is 59.5 cm³/mol. The van der Waals surface area contributed by atoms with Crippen LogP contribution >= 0.6 is 0 Å². The van der Waals surface area contributed by atoms with Crippen LogP contribution in [0, 0.1) is 11.8 Å². The Kier molecular flexibility index (Phi) is 4.94. The van der Waals surface area contributed by atoms with Gasteiger partial charge >= 0.3 is 0 Å². The molecule has 0 amide bonds. The van der Waals surface area contributed by atoms with Gasteiger partial charge in [-0.3, -0.25) is 4.99 Å². The molecule has 0 aromatic carbocycles. The summed E-state index contributed by atoms with van der Waals surface area (Å²) in [6, 6.07) is 0. The summed E-state index contributed by atoms with van der Waals surface area (Å²) in [5, 5.41) is 0. The lowest BCUT2D eigenvalue weighted by molar-refractivity contribution is 0.163. The van der Waals surface area contributed by atoms with Crippen molar-refractivity contribution in [2.45, 2.75) is 32.6 Å². The summed E-state index contributed by atoms with van der Waals surface area (Å²) in [5.41, 5.74) is 5.93. The van der Waals surface area contributed by atoms with Crippen molar-refractivity contribution in [2.75, 3.05) is 20.3 Å². The fraction of sp³-hybridized carbons (Fsp3) is 0.909. The number of hydrogen-bond acceptors (Lipinski definition) is 2. The number of amidine groups is 1. The van der Waals surface area contributed by atoms with Gasteiger partial charge in [0.25, 0.3) is 0 Å². The van der Waals surface area contributed by atoms with Crippen LogP contribution in [0.15, 0.2) is 4.99 Å². The van der Waals surface area contributed by atoms with Crippen LogP contribution < -0.4 is 5.73 Å². The van der Waals surface area contributed by atoms with E-state index in [1.165, 1.54) is 25.7 Å². The van der Waals surface area contributed by atoms with Crippen molar-refractivity contribution in [1.29, 1.82) is 0 Å². The van der Waals surface area contributed by atoms with Gasteiger partial charge in [-0.2, -0.15) is 0 Å². The van der Waals surface area contributed by atoms with Crippen LogP contribution in [-0.2, 0) is 4.74 Å². The zero-order valence-electron chi connectivity index (χ0n) is 9.33. The molecule has 0 aliphatic heterocycles. The first kappa shape index (κ1) is 11.5. The fourth-order valence-corrected chi connectivity index (χ4v) is 1.95. The molecule has 82 valence electrons. The summed E-state index contributed by atoms with van der Waals surface area (Å²) in [6.07, 6.45) is 5.09. The second kappa shape index (κ2) is 6.02. The van der Waals surface area contributed by atoms with Crippen LogP contribution in [0.2, 0.25) is 0 Å². The Balaban J connectivity index is 2.27. The number of nitrogens with zero attached hydrogens (tertiary/aromatic N) is 1. The van der Waals surface area contributed by atoms with Gasteiger partial charge in [-0.25, -0.2) is 0 Å². The van der Waals surface area contributed by atoms with Crippen molar-refractivity contribution in [2.24, 2.45) is 22.6 Å². The van der Waals surface area contributed by atoms with Crippen LogP contribution in [0.1, 0.15) is 32.6 Å². The molecule has 2 N–H and O–H groups in total. The first-order valence-electron chi connectivity index (χ1n) is 5.52. The molecule has 0 aromatic rings. The number of nitrogens with two attached hydrogens (primary N) is 1. The largest absolute Gasteiger partial charge is 0.387 e. The molecule has 3 nitrogen and oxygen atoms in total. The maximum atomic E-state index is 5.93. The molecular weight excluding hydrogens is 176 g/mol. The zero-order valence-corrected chi connectivity index (χ0v) is 9.33. The average Bonchev–Trinajstić information content (AvgIpc) is 2.67. The van der Waals surface area contributed by atoms with Gasteiger partial charge in [0.05, 0.1) is 12.4 Å². The lowest BCUT2D eigenvalue weighted by atomic mass is 10.1. The molecular formula is C11H22N2O. The highest BCUT2D eigenvalue weighted by atomic mass is 16.5. The topological polar surface area (TPSA) is 47.6 Å². The second-order valence-electron chi connectivity index (χ2n) is 4.31. The van der Waals surface area contributed by atoms with E-state index in [1.807, 2.05) is 0 Å². The Bertz CT molecular complexity index is 186. The summed E-state index contributed by atoms with van der Waals surface area (Å²) < 4.78 is 5.05. The van der Waals surface area contributed by atoms with Gasteiger partial charge < -0.3 is 10.5 Å². The van der Waals surface area contributed by atoms with Crippen molar-refractivity contribution >= 4 is 5.84 Å². The molecule has 1 saturated carbocycles. The Morgan fingerprint density at radius 2 is 2.14 bits per heavy atom. The Hall–Kier alpha value is -0.570. The van der Waals surface area contributed by atoms with E-state index in [0.717, 1.165) is 19.0 Å². The number of aliphatic imine (C=N–C) groups is 1. The first-order chi connectivity index (χ1) is 6.74. The monoisotopic (exact) mass is 198 g/mol. The van der Waals surface area contributed by atoms with E-state index in [4.69, 9.17) is 10.5 Å². The molecule has 0 aromatic heterocycles. The maximum absolute atomic E-state index is 5.93. The number of rotatable bonds is 5. The highest BCUT2D eigenvalue weighted by Crippen LogP contribution is 2.24. The van der Waals surface area contributed by atoms with Crippen LogP contribution in [0.5, 0.6) is 0 Å². The van der Waals surface area contributed by atoms with Gasteiger partial charge in [-0.15, -0.1) is 0 Å². The van der Waals surface area contributed by atoms with Gasteiger partial charge in [0, 0.05) is 19.6 Å². The summed E-state index contributed by atoms with van der Waals surface area (Å²) in [7, 11) is 1.72. The lowest BCUT2D eigenvalue weighted by Gasteiger charge is -2.10. The quantitative estimate of drug-likeness (QED) is 0.541. The third-order valence-electron chi connectivity index (χ3n) is 2.81. The summed E-state index contributed by atoms with van der Waals surface area (Å²) in [6.45, 7) is 3.70. The molecule has 1 aliphatic rings. The van der Waals surface area contributed by atoms with Gasteiger partial charge in [0.1, 0.15) is 0 Å². The van der Waals surface area contributed by atoms with E-state index >= 15 is 0 Å². The standard InChI is InChI=1S/C11H22N2O/c1-9(8-14-2)7-13-11(12)10-5-3-4-6-10/h9-10H,3-8H2,1-2H3,(H2,12,13). The van der Waals surface area contributed by atoms with Crippen molar-refractivity contribution in [3.05, 3.63) is 0 Å². The van der Waals surface area contributed by atoms with Crippen LogP contribution in [0.25, 0.3) is 0 Å². The minimum atomic E-state index is 0.472. The maximum Gasteiger partial charge on any atom is 0.0968 e. The third-order valence-corrected chi connectivity index (χ3v) is 2.81. The molecule has 1 rings (SSSR count). The molecule has 0 heterocycles. The van der Waals surface area contributed by atoms with Crippen molar-refractivity contribution in [1.82, 2.24) is 0 Å². The van der Waals surface area contributed by atoms with Gasteiger partial charge in [0.2, 0.25) is 0 Å². The lowest BCUT2D eigenvalue weighted by Crippen LogP contribution is -2.23. The number of methoxy groups -OCH3 is 1. The van der Waals surface area contributed by atoms with E-state index in [0.29, 0.717) is 11.8 Å². The van der Waals surface area contributed by atoms with E-state index in [2.05, 4.69) is 11.9 Å². The summed E-state index contributed by atoms with van der Waals surface area (Å²) >= 11 is 0. The van der Waals surface area contributed by atoms with Gasteiger partial charge in [-0.1, -0.05) is 19.8 Å². The molecule has 0 radical (unpaired) electrons. The second-order valence-corrected chi connectivity index (χ2v) is 4.31. The summed E-state index contributed by atoms with van der Waals surface area (Å²) in [5.74, 6) is 1.90. The van der Waals surface area contributed by atoms with E-state index in [1.54, 1.807) is 7.11 Å². The molecule has 0 spiro atoms. The molecule has 3 heteroatoms. The fourth-order valence-electron chi connectivity index (χ4n) is 1.95. The third kappa shape index (κ3) is 3.66. The van der Waals surface area contributed by atoms with E-state index in [9.17, 15) is 0 Å².